The fraction of sp³-hybridized carbons (Fsp3) is 0.235. The van der Waals surface area contributed by atoms with Gasteiger partial charge in [-0.3, -0.25) is 4.72 Å². The minimum Gasteiger partial charge on any atom is -0.478 e. The van der Waals surface area contributed by atoms with Gasteiger partial charge in [0, 0.05) is 23.2 Å². The first-order valence-electron chi connectivity index (χ1n) is 7.85. The van der Waals surface area contributed by atoms with Crippen molar-refractivity contribution in [3.8, 4) is 0 Å². The number of aromatic carboxylic acids is 1. The van der Waals surface area contributed by atoms with Crippen LogP contribution in [0.5, 0.6) is 0 Å². The van der Waals surface area contributed by atoms with Gasteiger partial charge in [0.15, 0.2) is 0 Å². The van der Waals surface area contributed by atoms with Crippen LogP contribution in [0.3, 0.4) is 0 Å². The van der Waals surface area contributed by atoms with Crippen LogP contribution in [-0.2, 0) is 14.8 Å². The predicted octanol–water partition coefficient (Wildman–Crippen LogP) is 2.78. The van der Waals surface area contributed by atoms with Crippen molar-refractivity contribution < 1.29 is 23.1 Å². The van der Waals surface area contributed by atoms with Crippen molar-refractivity contribution in [1.29, 1.82) is 0 Å². The molecule has 0 spiro atoms. The second-order valence-electron chi connectivity index (χ2n) is 5.69. The van der Waals surface area contributed by atoms with Crippen molar-refractivity contribution in [2.24, 2.45) is 0 Å². The lowest BCUT2D eigenvalue weighted by Crippen LogP contribution is -2.36. The topological polar surface area (TPSA) is 95.9 Å². The van der Waals surface area contributed by atoms with Gasteiger partial charge in [-0.2, -0.15) is 0 Å². The number of nitrogens with one attached hydrogen (secondary N) is 1. The number of rotatable bonds is 5. The Morgan fingerprint density at radius 2 is 1.77 bits per heavy atom. The van der Waals surface area contributed by atoms with Crippen LogP contribution in [0, 0.1) is 0 Å². The third kappa shape index (κ3) is 4.17. The Bertz CT molecular complexity index is 909. The molecule has 2 aromatic rings. The zero-order valence-electron chi connectivity index (χ0n) is 13.7. The lowest BCUT2D eigenvalue weighted by Gasteiger charge is -2.29. The number of carboxylic acids is 1. The van der Waals surface area contributed by atoms with E-state index in [0.717, 1.165) is 10.2 Å². The molecule has 0 atom stereocenters. The van der Waals surface area contributed by atoms with Crippen LogP contribution in [0.2, 0.25) is 0 Å². The number of halogens is 1. The van der Waals surface area contributed by atoms with Crippen LogP contribution in [0.1, 0.15) is 10.4 Å². The highest BCUT2D eigenvalue weighted by molar-refractivity contribution is 9.10. The average molecular weight is 441 g/mol. The summed E-state index contributed by atoms with van der Waals surface area (Å²) < 4.78 is 33.5. The van der Waals surface area contributed by atoms with Crippen molar-refractivity contribution in [3.05, 3.63) is 52.5 Å². The molecule has 9 heteroatoms. The number of hydrogen-bond donors (Lipinski definition) is 2. The van der Waals surface area contributed by atoms with Crippen LogP contribution in [0.25, 0.3) is 0 Å². The minimum atomic E-state index is -3.89. The number of carboxylic acid groups (broad SMARTS) is 1. The standard InChI is InChI=1S/C17H17BrN2O5S/c18-12-1-4-14(5-2-12)26(23,24)19-16-6-3-13(11-15(16)17(21)22)20-7-9-25-10-8-20/h1-6,11,19H,7-10H2,(H,21,22). The van der Waals surface area contributed by atoms with Crippen molar-refractivity contribution in [1.82, 2.24) is 0 Å². The summed E-state index contributed by atoms with van der Waals surface area (Å²) >= 11 is 3.25. The molecule has 0 amide bonds. The van der Waals surface area contributed by atoms with E-state index in [2.05, 4.69) is 20.7 Å². The Morgan fingerprint density at radius 1 is 1.12 bits per heavy atom. The van der Waals surface area contributed by atoms with E-state index in [4.69, 9.17) is 4.74 Å². The molecule has 1 saturated heterocycles. The second-order valence-corrected chi connectivity index (χ2v) is 8.29. The number of benzene rings is 2. The Balaban J connectivity index is 1.91. The first kappa shape index (κ1) is 18.7. The van der Waals surface area contributed by atoms with Gasteiger partial charge in [0.2, 0.25) is 0 Å². The molecule has 1 fully saturated rings. The highest BCUT2D eigenvalue weighted by Gasteiger charge is 2.20. The van der Waals surface area contributed by atoms with E-state index >= 15 is 0 Å². The molecular weight excluding hydrogens is 424 g/mol. The first-order valence-corrected chi connectivity index (χ1v) is 10.1. The summed E-state index contributed by atoms with van der Waals surface area (Å²) in [6.07, 6.45) is 0. The summed E-state index contributed by atoms with van der Waals surface area (Å²) in [6, 6.07) is 10.8. The molecule has 1 heterocycles. The van der Waals surface area contributed by atoms with Crippen molar-refractivity contribution in [2.45, 2.75) is 4.90 Å². The molecule has 7 nitrogen and oxygen atoms in total. The van der Waals surface area contributed by atoms with Crippen molar-refractivity contribution >= 4 is 43.3 Å². The zero-order chi connectivity index (χ0) is 18.7. The molecule has 0 aliphatic carbocycles. The Labute approximate surface area is 159 Å². The van der Waals surface area contributed by atoms with Gasteiger partial charge < -0.3 is 14.7 Å². The van der Waals surface area contributed by atoms with E-state index < -0.39 is 16.0 Å². The normalized spacial score (nSPS) is 14.9. The van der Waals surface area contributed by atoms with E-state index in [-0.39, 0.29) is 16.1 Å². The lowest BCUT2D eigenvalue weighted by atomic mass is 10.1. The number of nitrogens with zero attached hydrogens (tertiary/aromatic N) is 1. The second kappa shape index (κ2) is 7.65. The molecule has 0 bridgehead atoms. The van der Waals surface area contributed by atoms with Crippen LogP contribution >= 0.6 is 15.9 Å². The predicted molar refractivity (Wildman–Crippen MR) is 101 cm³/mol. The third-order valence-corrected chi connectivity index (χ3v) is 5.89. The number of carbonyl (C=O) groups is 1. The molecule has 3 rings (SSSR count). The highest BCUT2D eigenvalue weighted by atomic mass is 79.9. The molecule has 0 aromatic heterocycles. The summed E-state index contributed by atoms with van der Waals surface area (Å²) in [4.78, 5) is 13.7. The lowest BCUT2D eigenvalue weighted by molar-refractivity contribution is 0.0698. The minimum absolute atomic E-state index is 0.0254. The number of hydrogen-bond acceptors (Lipinski definition) is 5. The maximum Gasteiger partial charge on any atom is 0.337 e. The van der Waals surface area contributed by atoms with Crippen LogP contribution in [0.15, 0.2) is 51.8 Å². The van der Waals surface area contributed by atoms with Gasteiger partial charge in [0.05, 0.1) is 29.4 Å². The van der Waals surface area contributed by atoms with Gasteiger partial charge >= 0.3 is 5.97 Å². The number of anilines is 2. The van der Waals surface area contributed by atoms with Crippen molar-refractivity contribution in [3.63, 3.8) is 0 Å². The first-order chi connectivity index (χ1) is 12.4. The molecule has 1 aliphatic heterocycles. The van der Waals surface area contributed by atoms with Gasteiger partial charge in [0.1, 0.15) is 0 Å². The fourth-order valence-corrected chi connectivity index (χ4v) is 3.98. The molecule has 2 N–H and O–H groups in total. The van der Waals surface area contributed by atoms with Gasteiger partial charge in [-0.05, 0) is 42.5 Å². The monoisotopic (exact) mass is 440 g/mol. The molecular formula is C17H17BrN2O5S. The van der Waals surface area contributed by atoms with E-state index in [9.17, 15) is 18.3 Å². The zero-order valence-corrected chi connectivity index (χ0v) is 16.1. The average Bonchev–Trinajstić information content (AvgIpc) is 2.62. The number of sulfonamides is 1. The van der Waals surface area contributed by atoms with Crippen molar-refractivity contribution in [2.75, 3.05) is 35.9 Å². The number of ether oxygens (including phenoxy) is 1. The molecule has 2 aromatic carbocycles. The summed E-state index contributed by atoms with van der Waals surface area (Å²) in [5.74, 6) is -1.20. The molecule has 0 unspecified atom stereocenters. The highest BCUT2D eigenvalue weighted by Crippen LogP contribution is 2.26. The van der Waals surface area contributed by atoms with Crippen LogP contribution in [0.4, 0.5) is 11.4 Å². The largest absolute Gasteiger partial charge is 0.478 e. The van der Waals surface area contributed by atoms with Gasteiger partial charge in [-0.25, -0.2) is 13.2 Å². The van der Waals surface area contributed by atoms with Gasteiger partial charge in [0.25, 0.3) is 10.0 Å². The molecule has 138 valence electrons. The Hall–Kier alpha value is -2.10. The Kier molecular flexibility index (Phi) is 5.49. The summed E-state index contributed by atoms with van der Waals surface area (Å²) in [5.41, 5.74) is 0.643. The van der Waals surface area contributed by atoms with Crippen LogP contribution < -0.4 is 9.62 Å². The summed E-state index contributed by atoms with van der Waals surface area (Å²) in [7, 11) is -3.89. The smallest absolute Gasteiger partial charge is 0.337 e. The molecule has 1 aliphatic rings. The third-order valence-electron chi connectivity index (χ3n) is 3.98. The van der Waals surface area contributed by atoms with E-state index in [1.54, 1.807) is 18.2 Å². The van der Waals surface area contributed by atoms with E-state index in [0.29, 0.717) is 26.3 Å². The fourth-order valence-electron chi connectivity index (χ4n) is 2.63. The van der Waals surface area contributed by atoms with Gasteiger partial charge in [-0.15, -0.1) is 0 Å². The molecule has 0 radical (unpaired) electrons. The summed E-state index contributed by atoms with van der Waals surface area (Å²) in [5, 5.41) is 9.51. The SMILES string of the molecule is O=C(O)c1cc(N2CCOCC2)ccc1NS(=O)(=O)c1ccc(Br)cc1. The van der Waals surface area contributed by atoms with E-state index in [1.165, 1.54) is 24.3 Å². The van der Waals surface area contributed by atoms with E-state index in [1.807, 2.05) is 4.90 Å². The molecule has 26 heavy (non-hydrogen) atoms. The maximum absolute atomic E-state index is 12.5. The Morgan fingerprint density at radius 3 is 2.38 bits per heavy atom. The quantitative estimate of drug-likeness (QED) is 0.741. The maximum atomic E-state index is 12.5. The van der Waals surface area contributed by atoms with Gasteiger partial charge in [-0.1, -0.05) is 15.9 Å². The van der Waals surface area contributed by atoms with Crippen LogP contribution in [-0.4, -0.2) is 45.8 Å². The summed E-state index contributed by atoms with van der Waals surface area (Å²) in [6.45, 7) is 2.45. The number of morpholine rings is 1. The molecule has 0 saturated carbocycles.